The van der Waals surface area contributed by atoms with Crippen molar-refractivity contribution in [2.24, 2.45) is 0 Å². The van der Waals surface area contributed by atoms with Crippen LogP contribution >= 0.6 is 11.6 Å². The number of hydrogen-bond donors (Lipinski definition) is 1. The summed E-state index contributed by atoms with van der Waals surface area (Å²) in [7, 11) is 1.72. The molecule has 2 nitrogen and oxygen atoms in total. The molecule has 0 radical (unpaired) electrons. The minimum absolute atomic E-state index is 0.290. The van der Waals surface area contributed by atoms with E-state index in [4.69, 9.17) is 16.3 Å². The molecule has 0 saturated carbocycles. The van der Waals surface area contributed by atoms with Crippen LogP contribution in [0, 0.1) is 0 Å². The number of rotatable bonds is 6. The summed E-state index contributed by atoms with van der Waals surface area (Å²) in [5.41, 5.74) is 3.70. The van der Waals surface area contributed by atoms with Gasteiger partial charge in [0.15, 0.2) is 0 Å². The summed E-state index contributed by atoms with van der Waals surface area (Å²) in [5, 5.41) is 4.29. The molecule has 106 valence electrons. The normalized spacial score (nSPS) is 12.3. The van der Waals surface area contributed by atoms with E-state index in [0.717, 1.165) is 11.6 Å². The second kappa shape index (κ2) is 7.44. The zero-order chi connectivity index (χ0) is 14.4. The second-order valence-corrected chi connectivity index (χ2v) is 5.34. The quantitative estimate of drug-likeness (QED) is 0.854. The maximum Gasteiger partial charge on any atom is 0.0713 e. The van der Waals surface area contributed by atoms with Gasteiger partial charge >= 0.3 is 0 Å². The van der Waals surface area contributed by atoms with Crippen molar-refractivity contribution in [1.29, 1.82) is 0 Å². The summed E-state index contributed by atoms with van der Waals surface area (Å²) in [4.78, 5) is 0. The maximum absolute atomic E-state index is 5.90. The molecule has 20 heavy (non-hydrogen) atoms. The third-order valence-corrected chi connectivity index (χ3v) is 3.54. The monoisotopic (exact) mass is 289 g/mol. The Morgan fingerprint density at radius 3 is 2.50 bits per heavy atom. The van der Waals surface area contributed by atoms with Gasteiger partial charge in [-0.05, 0) is 35.7 Å². The highest BCUT2D eigenvalue weighted by atomic mass is 35.5. The topological polar surface area (TPSA) is 21.3 Å². The molecule has 1 N–H and O–H groups in total. The Labute approximate surface area is 125 Å². The third-order valence-electron chi connectivity index (χ3n) is 3.28. The first-order valence-corrected chi connectivity index (χ1v) is 7.12. The van der Waals surface area contributed by atoms with Crippen molar-refractivity contribution in [2.75, 3.05) is 7.11 Å². The summed E-state index contributed by atoms with van der Waals surface area (Å²) in [5.74, 6) is 0. The van der Waals surface area contributed by atoms with E-state index in [-0.39, 0.29) is 0 Å². The van der Waals surface area contributed by atoms with Gasteiger partial charge in [-0.25, -0.2) is 0 Å². The van der Waals surface area contributed by atoms with E-state index in [1.165, 1.54) is 16.7 Å². The van der Waals surface area contributed by atoms with Crippen LogP contribution in [0.3, 0.4) is 0 Å². The predicted octanol–water partition coefficient (Wildman–Crippen LogP) is 4.34. The third kappa shape index (κ3) is 4.34. The average molecular weight is 290 g/mol. The van der Waals surface area contributed by atoms with Gasteiger partial charge in [0.1, 0.15) is 0 Å². The van der Waals surface area contributed by atoms with E-state index in [1.54, 1.807) is 7.11 Å². The average Bonchev–Trinajstić information content (AvgIpc) is 2.46. The molecule has 0 bridgehead atoms. The molecule has 0 aliphatic heterocycles. The Kier molecular flexibility index (Phi) is 5.60. The maximum atomic E-state index is 5.90. The highest BCUT2D eigenvalue weighted by Crippen LogP contribution is 2.16. The van der Waals surface area contributed by atoms with E-state index in [1.807, 2.05) is 12.1 Å². The van der Waals surface area contributed by atoms with E-state index in [9.17, 15) is 0 Å². The van der Waals surface area contributed by atoms with E-state index in [0.29, 0.717) is 12.6 Å². The van der Waals surface area contributed by atoms with E-state index >= 15 is 0 Å². The molecule has 2 aromatic rings. The Morgan fingerprint density at radius 2 is 1.80 bits per heavy atom. The molecule has 0 aliphatic rings. The SMILES string of the molecule is COCc1cccc(CNC(C)c2ccc(Cl)cc2)c1. The largest absolute Gasteiger partial charge is 0.380 e. The Balaban J connectivity index is 1.94. The lowest BCUT2D eigenvalue weighted by atomic mass is 10.1. The zero-order valence-corrected chi connectivity index (χ0v) is 12.7. The highest BCUT2D eigenvalue weighted by Gasteiger charge is 2.05. The van der Waals surface area contributed by atoms with Crippen molar-refractivity contribution in [2.45, 2.75) is 26.1 Å². The van der Waals surface area contributed by atoms with Crippen LogP contribution in [0.2, 0.25) is 5.02 Å². The standard InChI is InChI=1S/C17H20ClNO/c1-13(16-6-8-17(18)9-7-16)19-11-14-4-3-5-15(10-14)12-20-2/h3-10,13,19H,11-12H2,1-2H3. The molecule has 0 saturated heterocycles. The summed E-state index contributed by atoms with van der Waals surface area (Å²) in [6.45, 7) is 3.64. The lowest BCUT2D eigenvalue weighted by Gasteiger charge is -2.15. The molecule has 2 rings (SSSR count). The van der Waals surface area contributed by atoms with Crippen LogP contribution < -0.4 is 5.32 Å². The molecule has 0 aliphatic carbocycles. The van der Waals surface area contributed by atoms with Gasteiger partial charge in [-0.15, -0.1) is 0 Å². The summed E-state index contributed by atoms with van der Waals surface area (Å²) < 4.78 is 5.16. The number of ether oxygens (including phenoxy) is 1. The molecular formula is C17H20ClNO. The predicted molar refractivity (Wildman–Crippen MR) is 83.9 cm³/mol. The molecule has 0 heterocycles. The number of halogens is 1. The molecule has 0 spiro atoms. The van der Waals surface area contributed by atoms with Crippen molar-refractivity contribution < 1.29 is 4.74 Å². The Bertz CT molecular complexity index is 539. The lowest BCUT2D eigenvalue weighted by molar-refractivity contribution is 0.185. The van der Waals surface area contributed by atoms with Crippen LogP contribution in [0.5, 0.6) is 0 Å². The van der Waals surface area contributed by atoms with Crippen LogP contribution in [0.1, 0.15) is 29.7 Å². The van der Waals surface area contributed by atoms with Crippen molar-refractivity contribution >= 4 is 11.6 Å². The van der Waals surface area contributed by atoms with Gasteiger partial charge < -0.3 is 10.1 Å². The molecular weight excluding hydrogens is 270 g/mol. The smallest absolute Gasteiger partial charge is 0.0713 e. The minimum Gasteiger partial charge on any atom is -0.380 e. The number of hydrogen-bond acceptors (Lipinski definition) is 2. The van der Waals surface area contributed by atoms with Crippen LogP contribution in [0.15, 0.2) is 48.5 Å². The number of nitrogens with one attached hydrogen (secondary N) is 1. The van der Waals surface area contributed by atoms with Gasteiger partial charge in [0.05, 0.1) is 6.61 Å². The fraction of sp³-hybridized carbons (Fsp3) is 0.294. The first-order valence-electron chi connectivity index (χ1n) is 6.74. The van der Waals surface area contributed by atoms with E-state index < -0.39 is 0 Å². The molecule has 1 atom stereocenters. The fourth-order valence-corrected chi connectivity index (χ4v) is 2.26. The van der Waals surface area contributed by atoms with Gasteiger partial charge in [-0.3, -0.25) is 0 Å². The number of methoxy groups -OCH3 is 1. The molecule has 3 heteroatoms. The van der Waals surface area contributed by atoms with Crippen molar-refractivity contribution in [3.8, 4) is 0 Å². The van der Waals surface area contributed by atoms with Crippen LogP contribution in [0.25, 0.3) is 0 Å². The van der Waals surface area contributed by atoms with Crippen LogP contribution in [-0.2, 0) is 17.9 Å². The Morgan fingerprint density at radius 1 is 1.10 bits per heavy atom. The highest BCUT2D eigenvalue weighted by molar-refractivity contribution is 6.30. The first-order chi connectivity index (χ1) is 9.69. The number of benzene rings is 2. The van der Waals surface area contributed by atoms with E-state index in [2.05, 4.69) is 48.6 Å². The Hall–Kier alpha value is -1.35. The van der Waals surface area contributed by atoms with Crippen LogP contribution in [0.4, 0.5) is 0 Å². The summed E-state index contributed by atoms with van der Waals surface area (Å²) >= 11 is 5.90. The van der Waals surface area contributed by atoms with Crippen molar-refractivity contribution in [3.63, 3.8) is 0 Å². The first kappa shape index (κ1) is 15.0. The molecule has 1 unspecified atom stereocenters. The molecule has 0 fully saturated rings. The van der Waals surface area contributed by atoms with Gasteiger partial charge in [0, 0.05) is 24.7 Å². The molecule has 0 aromatic heterocycles. The minimum atomic E-state index is 0.290. The summed E-state index contributed by atoms with van der Waals surface area (Å²) in [6.07, 6.45) is 0. The van der Waals surface area contributed by atoms with Gasteiger partial charge in [0.25, 0.3) is 0 Å². The zero-order valence-electron chi connectivity index (χ0n) is 11.9. The second-order valence-electron chi connectivity index (χ2n) is 4.91. The van der Waals surface area contributed by atoms with Crippen molar-refractivity contribution in [3.05, 3.63) is 70.2 Å². The summed E-state index contributed by atoms with van der Waals surface area (Å²) in [6, 6.07) is 16.7. The molecule has 2 aromatic carbocycles. The van der Waals surface area contributed by atoms with Gasteiger partial charge in [0.2, 0.25) is 0 Å². The molecule has 0 amide bonds. The van der Waals surface area contributed by atoms with Crippen LogP contribution in [-0.4, -0.2) is 7.11 Å². The van der Waals surface area contributed by atoms with Crippen molar-refractivity contribution in [1.82, 2.24) is 5.32 Å². The fourth-order valence-electron chi connectivity index (χ4n) is 2.14. The lowest BCUT2D eigenvalue weighted by Crippen LogP contribution is -2.18. The van der Waals surface area contributed by atoms with Gasteiger partial charge in [-0.2, -0.15) is 0 Å². The van der Waals surface area contributed by atoms with Gasteiger partial charge in [-0.1, -0.05) is 48.0 Å².